The first-order chi connectivity index (χ1) is 14.5. The highest BCUT2D eigenvalue weighted by molar-refractivity contribution is 5.79. The maximum Gasteiger partial charge on any atom is 0.317 e. The molecule has 0 spiro atoms. The van der Waals surface area contributed by atoms with Crippen LogP contribution in [-0.2, 0) is 17.8 Å². The number of urea groups is 1. The molecule has 1 aliphatic rings. The number of ether oxygens (including phenoxy) is 2. The lowest BCUT2D eigenvalue weighted by Gasteiger charge is -2.34. The van der Waals surface area contributed by atoms with Crippen LogP contribution < -0.4 is 14.8 Å². The molecule has 0 bridgehead atoms. The Morgan fingerprint density at radius 2 is 1.60 bits per heavy atom. The van der Waals surface area contributed by atoms with Crippen LogP contribution in [0.15, 0.2) is 42.5 Å². The highest BCUT2D eigenvalue weighted by Crippen LogP contribution is 2.30. The molecule has 0 aromatic heterocycles. The van der Waals surface area contributed by atoms with Gasteiger partial charge >= 0.3 is 6.03 Å². The second-order valence-electron chi connectivity index (χ2n) is 7.34. The molecule has 1 N–H and O–H groups in total. The van der Waals surface area contributed by atoms with E-state index >= 15 is 0 Å². The van der Waals surface area contributed by atoms with Crippen LogP contribution in [0, 0.1) is 6.92 Å². The van der Waals surface area contributed by atoms with E-state index in [9.17, 15) is 9.59 Å². The lowest BCUT2D eigenvalue weighted by molar-refractivity contribution is -0.131. The summed E-state index contributed by atoms with van der Waals surface area (Å²) in [6.45, 7) is 4.48. The molecule has 1 saturated heterocycles. The van der Waals surface area contributed by atoms with E-state index in [0.29, 0.717) is 50.6 Å². The number of carbonyl (C=O) groups is 2. The first-order valence-electron chi connectivity index (χ1n) is 10.1. The van der Waals surface area contributed by atoms with Crippen LogP contribution in [0.3, 0.4) is 0 Å². The number of para-hydroxylation sites is 1. The highest BCUT2D eigenvalue weighted by atomic mass is 16.5. The van der Waals surface area contributed by atoms with Crippen molar-refractivity contribution in [1.29, 1.82) is 0 Å². The van der Waals surface area contributed by atoms with E-state index in [4.69, 9.17) is 9.47 Å². The van der Waals surface area contributed by atoms with Gasteiger partial charge in [0.25, 0.3) is 0 Å². The van der Waals surface area contributed by atoms with E-state index < -0.39 is 0 Å². The number of rotatable bonds is 6. The van der Waals surface area contributed by atoms with Crippen LogP contribution in [0.2, 0.25) is 0 Å². The second kappa shape index (κ2) is 10.0. The molecule has 1 aliphatic heterocycles. The average Bonchev–Trinajstić information content (AvgIpc) is 2.78. The van der Waals surface area contributed by atoms with E-state index in [1.807, 2.05) is 54.3 Å². The fourth-order valence-electron chi connectivity index (χ4n) is 3.53. The molecular formula is C23H29N3O4. The molecule has 0 saturated carbocycles. The molecule has 1 heterocycles. The second-order valence-corrected chi connectivity index (χ2v) is 7.34. The van der Waals surface area contributed by atoms with Gasteiger partial charge in [0.2, 0.25) is 5.91 Å². The molecule has 7 heteroatoms. The van der Waals surface area contributed by atoms with Crippen LogP contribution in [0.1, 0.15) is 16.7 Å². The van der Waals surface area contributed by atoms with Gasteiger partial charge in [0, 0.05) is 38.3 Å². The first-order valence-corrected chi connectivity index (χ1v) is 10.1. The molecule has 30 heavy (non-hydrogen) atoms. The third kappa shape index (κ3) is 5.23. The fraction of sp³-hybridized carbons (Fsp3) is 0.391. The third-order valence-electron chi connectivity index (χ3n) is 5.31. The van der Waals surface area contributed by atoms with E-state index in [-0.39, 0.29) is 11.9 Å². The van der Waals surface area contributed by atoms with Crippen molar-refractivity contribution >= 4 is 11.9 Å². The number of carbonyl (C=O) groups excluding carboxylic acids is 2. The normalized spacial score (nSPS) is 13.7. The Hall–Kier alpha value is -3.22. The number of nitrogens with zero attached hydrogens (tertiary/aromatic N) is 2. The minimum Gasteiger partial charge on any atom is -0.493 e. The van der Waals surface area contributed by atoms with Crippen molar-refractivity contribution < 1.29 is 19.1 Å². The molecule has 2 aromatic rings. The van der Waals surface area contributed by atoms with Crippen LogP contribution in [-0.4, -0.2) is 62.1 Å². The number of methoxy groups -OCH3 is 2. The number of benzene rings is 2. The summed E-state index contributed by atoms with van der Waals surface area (Å²) >= 11 is 0. The van der Waals surface area contributed by atoms with Crippen molar-refractivity contribution in [3.8, 4) is 11.5 Å². The topological polar surface area (TPSA) is 71.1 Å². The molecule has 3 rings (SSSR count). The van der Waals surface area contributed by atoms with Crippen molar-refractivity contribution in [3.63, 3.8) is 0 Å². The summed E-state index contributed by atoms with van der Waals surface area (Å²) in [5, 5.41) is 2.93. The van der Waals surface area contributed by atoms with Crippen LogP contribution in [0.5, 0.6) is 11.5 Å². The fourth-order valence-corrected chi connectivity index (χ4v) is 3.53. The Bertz CT molecular complexity index is 875. The predicted octanol–water partition coefficient (Wildman–Crippen LogP) is 2.61. The van der Waals surface area contributed by atoms with Crippen molar-refractivity contribution in [2.45, 2.75) is 19.9 Å². The molecular weight excluding hydrogens is 382 g/mol. The maximum absolute atomic E-state index is 12.6. The number of aryl methyl sites for hydroxylation is 1. The molecule has 3 amide bonds. The first kappa shape index (κ1) is 21.5. The molecule has 160 valence electrons. The van der Waals surface area contributed by atoms with Gasteiger partial charge in [0.15, 0.2) is 11.5 Å². The van der Waals surface area contributed by atoms with Crippen molar-refractivity contribution in [2.75, 3.05) is 40.4 Å². The number of piperazine rings is 1. The Kier molecular flexibility index (Phi) is 7.17. The summed E-state index contributed by atoms with van der Waals surface area (Å²) in [7, 11) is 3.16. The molecule has 0 radical (unpaired) electrons. The minimum atomic E-state index is -0.148. The minimum absolute atomic E-state index is 0.0972. The zero-order valence-electron chi connectivity index (χ0n) is 17.8. The SMILES string of the molecule is COc1cccc(CNC(=O)N2CCN(C(=O)Cc3ccc(C)cc3)CC2)c1OC. The lowest BCUT2D eigenvalue weighted by Crippen LogP contribution is -2.53. The predicted molar refractivity (Wildman–Crippen MR) is 115 cm³/mol. The summed E-state index contributed by atoms with van der Waals surface area (Å²) in [5.41, 5.74) is 3.03. The summed E-state index contributed by atoms with van der Waals surface area (Å²) in [5.74, 6) is 1.34. The number of nitrogens with one attached hydrogen (secondary N) is 1. The third-order valence-corrected chi connectivity index (χ3v) is 5.31. The number of hydrogen-bond acceptors (Lipinski definition) is 4. The Labute approximate surface area is 177 Å². The maximum atomic E-state index is 12.6. The quantitative estimate of drug-likeness (QED) is 0.793. The van der Waals surface area contributed by atoms with Gasteiger partial charge in [-0.15, -0.1) is 0 Å². The highest BCUT2D eigenvalue weighted by Gasteiger charge is 2.24. The number of hydrogen-bond donors (Lipinski definition) is 1. The monoisotopic (exact) mass is 411 g/mol. The van der Waals surface area contributed by atoms with Gasteiger partial charge < -0.3 is 24.6 Å². The van der Waals surface area contributed by atoms with E-state index in [1.54, 1.807) is 19.1 Å². The summed E-state index contributed by atoms with van der Waals surface area (Å²) < 4.78 is 10.7. The van der Waals surface area contributed by atoms with E-state index in [2.05, 4.69) is 5.32 Å². The van der Waals surface area contributed by atoms with E-state index in [1.165, 1.54) is 5.56 Å². The molecule has 0 unspecified atom stereocenters. The van der Waals surface area contributed by atoms with Gasteiger partial charge in [-0.05, 0) is 18.6 Å². The van der Waals surface area contributed by atoms with Crippen molar-refractivity contribution in [2.24, 2.45) is 0 Å². The van der Waals surface area contributed by atoms with Gasteiger partial charge in [-0.3, -0.25) is 4.79 Å². The number of amides is 3. The van der Waals surface area contributed by atoms with Crippen LogP contribution >= 0.6 is 0 Å². The summed E-state index contributed by atoms with van der Waals surface area (Å²) in [6, 6.07) is 13.4. The zero-order valence-corrected chi connectivity index (χ0v) is 17.8. The Morgan fingerprint density at radius 1 is 0.933 bits per heavy atom. The van der Waals surface area contributed by atoms with Crippen molar-refractivity contribution in [3.05, 3.63) is 59.2 Å². The summed E-state index contributed by atoms with van der Waals surface area (Å²) in [4.78, 5) is 28.7. The van der Waals surface area contributed by atoms with Gasteiger partial charge in [-0.1, -0.05) is 42.0 Å². The van der Waals surface area contributed by atoms with E-state index in [0.717, 1.165) is 11.1 Å². The molecule has 7 nitrogen and oxygen atoms in total. The van der Waals surface area contributed by atoms with Crippen LogP contribution in [0.25, 0.3) is 0 Å². The van der Waals surface area contributed by atoms with Gasteiger partial charge in [0.1, 0.15) is 0 Å². The Morgan fingerprint density at radius 3 is 2.23 bits per heavy atom. The lowest BCUT2D eigenvalue weighted by atomic mass is 10.1. The van der Waals surface area contributed by atoms with Gasteiger partial charge in [-0.2, -0.15) is 0 Å². The van der Waals surface area contributed by atoms with Gasteiger partial charge in [-0.25, -0.2) is 4.79 Å². The largest absolute Gasteiger partial charge is 0.493 e. The van der Waals surface area contributed by atoms with Crippen molar-refractivity contribution in [1.82, 2.24) is 15.1 Å². The summed E-state index contributed by atoms with van der Waals surface area (Å²) in [6.07, 6.45) is 0.391. The van der Waals surface area contributed by atoms with Gasteiger partial charge in [0.05, 0.1) is 20.6 Å². The molecule has 0 atom stereocenters. The molecule has 0 aliphatic carbocycles. The molecule has 1 fully saturated rings. The Balaban J connectivity index is 1.48. The van der Waals surface area contributed by atoms with Crippen LogP contribution in [0.4, 0.5) is 4.79 Å². The average molecular weight is 412 g/mol. The standard InChI is InChI=1S/C23H29N3O4/c1-17-7-9-18(10-8-17)15-21(27)25-11-13-26(14-12-25)23(28)24-16-19-5-4-6-20(29-2)22(19)30-3/h4-10H,11-16H2,1-3H3,(H,24,28). The molecule has 2 aromatic carbocycles. The zero-order chi connectivity index (χ0) is 21.5. The smallest absolute Gasteiger partial charge is 0.317 e.